The van der Waals surface area contributed by atoms with Crippen LogP contribution in [0.5, 0.6) is 0 Å². The fourth-order valence-electron chi connectivity index (χ4n) is 2.00. The average Bonchev–Trinajstić information content (AvgIpc) is 2.33. The molecule has 1 atom stereocenters. The number of rotatable bonds is 9. The normalized spacial score (nSPS) is 11.7. The maximum atomic E-state index is 2.32. The number of benzene rings is 1. The highest BCUT2D eigenvalue weighted by Gasteiger charge is 1.95. The Morgan fingerprint density at radius 1 is 0.882 bits per heavy atom. The minimum Gasteiger partial charge on any atom is -0.0904 e. The Balaban J connectivity index is 1.88. The maximum Gasteiger partial charge on any atom is -0.0271 e. The molecule has 0 saturated carbocycles. The summed E-state index contributed by atoms with van der Waals surface area (Å²) in [5.74, 6) is 0.884. The van der Waals surface area contributed by atoms with Gasteiger partial charge in [-0.2, -0.15) is 0 Å². The van der Waals surface area contributed by atoms with Crippen LogP contribution in [0.2, 0.25) is 0 Å². The molecule has 1 aromatic carbocycles. The van der Waals surface area contributed by atoms with Gasteiger partial charge in [0.1, 0.15) is 0 Å². The topological polar surface area (TPSA) is 0 Å². The molecule has 1 aromatic rings. The monoisotopic (exact) mass is 250 g/mol. The third-order valence-electron chi connectivity index (χ3n) is 3.06. The highest BCUT2D eigenvalue weighted by molar-refractivity contribution is 7.47. The predicted molar refractivity (Wildman–Crippen MR) is 81.8 cm³/mol. The maximum absolute atomic E-state index is 2.32. The highest BCUT2D eigenvalue weighted by Crippen LogP contribution is 2.15. The van der Waals surface area contributed by atoms with Gasteiger partial charge in [-0.3, -0.25) is 0 Å². The lowest BCUT2D eigenvalue weighted by molar-refractivity contribution is 0.519. The summed E-state index contributed by atoms with van der Waals surface area (Å²) in [6.45, 7) is 4.64. The summed E-state index contributed by atoms with van der Waals surface area (Å²) < 4.78 is 0. The fourth-order valence-corrected chi connectivity index (χ4v) is 3.14. The van der Waals surface area contributed by atoms with Gasteiger partial charge in [-0.1, -0.05) is 84.9 Å². The summed E-state index contributed by atoms with van der Waals surface area (Å²) in [7, 11) is 1.01. The van der Waals surface area contributed by atoms with Crippen LogP contribution in [0.25, 0.3) is 0 Å². The van der Waals surface area contributed by atoms with Crippen molar-refractivity contribution < 1.29 is 0 Å². The lowest BCUT2D eigenvalue weighted by atomic mass is 10.0. The zero-order chi connectivity index (χ0) is 12.3. The van der Waals surface area contributed by atoms with Gasteiger partial charge in [0.15, 0.2) is 0 Å². The van der Waals surface area contributed by atoms with Gasteiger partial charge in [-0.25, -0.2) is 0 Å². The third kappa shape index (κ3) is 8.38. The number of unbranched alkanes of at least 4 members (excludes halogenated alkanes) is 4. The van der Waals surface area contributed by atoms with E-state index in [0.717, 1.165) is 14.5 Å². The van der Waals surface area contributed by atoms with E-state index in [4.69, 9.17) is 0 Å². The molecule has 0 spiro atoms. The molecule has 0 radical (unpaired) electrons. The Morgan fingerprint density at radius 3 is 2.24 bits per heavy atom. The molecule has 96 valence electrons. The summed E-state index contributed by atoms with van der Waals surface area (Å²) in [5, 5.41) is 1.52. The van der Waals surface area contributed by atoms with Crippen LogP contribution in [-0.4, -0.2) is 6.16 Å². The molecule has 0 nitrogen and oxygen atoms in total. The Morgan fingerprint density at radius 2 is 1.53 bits per heavy atom. The van der Waals surface area contributed by atoms with Gasteiger partial charge in [0.2, 0.25) is 0 Å². The molecule has 0 bridgehead atoms. The molecule has 0 N–H and O–H groups in total. The summed E-state index contributed by atoms with van der Waals surface area (Å²) in [4.78, 5) is 0. The van der Waals surface area contributed by atoms with Crippen molar-refractivity contribution >= 4 is 13.9 Å². The Hall–Kier alpha value is -0.350. The molecule has 0 fully saturated rings. The minimum atomic E-state index is 0.884. The van der Waals surface area contributed by atoms with Crippen LogP contribution in [0.15, 0.2) is 30.3 Å². The SMILES string of the molecule is CC(C)CCCCCCCPc1ccccc1. The van der Waals surface area contributed by atoms with Gasteiger partial charge in [0.05, 0.1) is 0 Å². The standard InChI is InChI=1S/C16H27P/c1-15(2)11-7-4-3-5-10-14-17-16-12-8-6-9-13-16/h6,8-9,12-13,15,17H,3-5,7,10-11,14H2,1-2H3. The molecule has 0 saturated heterocycles. The quantitative estimate of drug-likeness (QED) is 0.428. The van der Waals surface area contributed by atoms with Crippen LogP contribution >= 0.6 is 8.58 Å². The molecule has 0 aliphatic rings. The smallest absolute Gasteiger partial charge is 0.0271 e. The van der Waals surface area contributed by atoms with Crippen molar-refractivity contribution in [2.45, 2.75) is 52.4 Å². The van der Waals surface area contributed by atoms with Crippen molar-refractivity contribution in [3.63, 3.8) is 0 Å². The summed E-state index contributed by atoms with van der Waals surface area (Å²) >= 11 is 0. The van der Waals surface area contributed by atoms with Crippen molar-refractivity contribution in [1.82, 2.24) is 0 Å². The van der Waals surface area contributed by atoms with Gasteiger partial charge in [-0.05, 0) is 23.8 Å². The molecular formula is C16H27P. The molecular weight excluding hydrogens is 223 g/mol. The lowest BCUT2D eigenvalue weighted by Gasteiger charge is -2.04. The molecule has 0 aromatic heterocycles. The minimum absolute atomic E-state index is 0.884. The molecule has 0 aliphatic carbocycles. The summed E-state index contributed by atoms with van der Waals surface area (Å²) in [6, 6.07) is 10.9. The van der Waals surface area contributed by atoms with Crippen molar-refractivity contribution in [3.05, 3.63) is 30.3 Å². The second-order valence-electron chi connectivity index (χ2n) is 5.24. The van der Waals surface area contributed by atoms with E-state index in [1.54, 1.807) is 0 Å². The van der Waals surface area contributed by atoms with Crippen LogP contribution in [0.3, 0.4) is 0 Å². The first-order valence-corrected chi connectivity index (χ1v) is 8.28. The molecule has 0 aliphatic heterocycles. The summed E-state index contributed by atoms with van der Waals surface area (Å²) in [6.07, 6.45) is 9.93. The summed E-state index contributed by atoms with van der Waals surface area (Å²) in [5.41, 5.74) is 0. The molecule has 0 amide bonds. The van der Waals surface area contributed by atoms with E-state index in [1.165, 1.54) is 50.0 Å². The Bertz CT molecular complexity index is 266. The van der Waals surface area contributed by atoms with Gasteiger partial charge >= 0.3 is 0 Å². The van der Waals surface area contributed by atoms with Crippen molar-refractivity contribution in [1.29, 1.82) is 0 Å². The van der Waals surface area contributed by atoms with Crippen LogP contribution < -0.4 is 5.30 Å². The van der Waals surface area contributed by atoms with Crippen molar-refractivity contribution in [2.75, 3.05) is 6.16 Å². The second-order valence-corrected chi connectivity index (χ2v) is 6.67. The molecule has 1 heteroatoms. The van der Waals surface area contributed by atoms with Crippen LogP contribution in [0.4, 0.5) is 0 Å². The van der Waals surface area contributed by atoms with Gasteiger partial charge in [0.25, 0.3) is 0 Å². The first-order valence-electron chi connectivity index (χ1n) is 7.08. The molecule has 1 unspecified atom stereocenters. The number of hydrogen-bond donors (Lipinski definition) is 0. The van der Waals surface area contributed by atoms with E-state index in [-0.39, 0.29) is 0 Å². The zero-order valence-electron chi connectivity index (χ0n) is 11.4. The third-order valence-corrected chi connectivity index (χ3v) is 4.41. The van der Waals surface area contributed by atoms with Gasteiger partial charge < -0.3 is 0 Å². The fraction of sp³-hybridized carbons (Fsp3) is 0.625. The van der Waals surface area contributed by atoms with E-state index in [0.29, 0.717) is 0 Å². The molecule has 1 rings (SSSR count). The van der Waals surface area contributed by atoms with E-state index in [2.05, 4.69) is 44.2 Å². The first kappa shape index (κ1) is 14.7. The van der Waals surface area contributed by atoms with E-state index >= 15 is 0 Å². The van der Waals surface area contributed by atoms with E-state index < -0.39 is 0 Å². The Kier molecular flexibility index (Phi) is 8.36. The Labute approximate surface area is 109 Å². The molecule has 0 heterocycles. The largest absolute Gasteiger partial charge is 0.0904 e. The van der Waals surface area contributed by atoms with Crippen LogP contribution in [0, 0.1) is 5.92 Å². The second kappa shape index (κ2) is 9.66. The molecule has 17 heavy (non-hydrogen) atoms. The van der Waals surface area contributed by atoms with E-state index in [1.807, 2.05) is 0 Å². The number of hydrogen-bond acceptors (Lipinski definition) is 0. The highest BCUT2D eigenvalue weighted by atomic mass is 31.1. The predicted octanol–water partition coefficient (Wildman–Crippen LogP) is 4.99. The first-order chi connectivity index (χ1) is 8.29. The van der Waals surface area contributed by atoms with E-state index in [9.17, 15) is 0 Å². The van der Waals surface area contributed by atoms with Crippen molar-refractivity contribution in [3.8, 4) is 0 Å². The van der Waals surface area contributed by atoms with Crippen LogP contribution in [-0.2, 0) is 0 Å². The lowest BCUT2D eigenvalue weighted by Crippen LogP contribution is -1.93. The van der Waals surface area contributed by atoms with Gasteiger partial charge in [-0.15, -0.1) is 0 Å². The van der Waals surface area contributed by atoms with Crippen molar-refractivity contribution in [2.24, 2.45) is 5.92 Å². The van der Waals surface area contributed by atoms with Gasteiger partial charge in [0, 0.05) is 0 Å². The zero-order valence-corrected chi connectivity index (χ0v) is 12.4. The average molecular weight is 250 g/mol. The van der Waals surface area contributed by atoms with Crippen LogP contribution in [0.1, 0.15) is 52.4 Å².